The molecule has 68 heavy (non-hydrogen) atoms. The van der Waals surface area contributed by atoms with Crippen molar-refractivity contribution in [1.29, 1.82) is 0 Å². The number of pyridine rings is 1. The lowest BCUT2D eigenvalue weighted by Gasteiger charge is -2.42. The van der Waals surface area contributed by atoms with E-state index in [-0.39, 0.29) is 30.7 Å². The fraction of sp³-hybridized carbons (Fsp3) is 0.510. The maximum atomic E-state index is 15.6. The molecule has 0 radical (unpaired) electrons. The normalized spacial score (nSPS) is 21.1. The van der Waals surface area contributed by atoms with Crippen LogP contribution in [0.1, 0.15) is 92.8 Å². The van der Waals surface area contributed by atoms with E-state index in [4.69, 9.17) is 19.2 Å². The van der Waals surface area contributed by atoms with Gasteiger partial charge in [-0.3, -0.25) is 24.6 Å². The number of ether oxygens (including phenoxy) is 3. The maximum absolute atomic E-state index is 15.6. The number of rotatable bonds is 8. The van der Waals surface area contributed by atoms with Crippen molar-refractivity contribution < 1.29 is 37.8 Å². The Balaban J connectivity index is 0.699. The first-order chi connectivity index (χ1) is 32.7. The second-order valence-corrected chi connectivity index (χ2v) is 20.2. The Bertz CT molecular complexity index is 2640. The number of carbonyl (C=O) groups is 4. The SMILES string of the molecule is Cc1c(N2CCc3cnc(Nc4ccc(CC(=O)N5CCC(N6CCC(Cc7ccc8c(c7)C7(CCC(=O)NC7=O)CO8)CC6)CC5)c(F)c4)nc3C2)cnc2c1N(C(=O)OC(C)(C)C)CCO2. The molecule has 10 rings (SSSR count). The summed E-state index contributed by atoms with van der Waals surface area (Å²) in [5, 5.41) is 5.69. The van der Waals surface area contributed by atoms with E-state index in [1.807, 2.05) is 38.7 Å². The first-order valence-corrected chi connectivity index (χ1v) is 24.1. The van der Waals surface area contributed by atoms with Crippen LogP contribution in [0.3, 0.4) is 0 Å². The van der Waals surface area contributed by atoms with Gasteiger partial charge in [0.05, 0.1) is 37.1 Å². The molecule has 8 heterocycles. The van der Waals surface area contributed by atoms with Gasteiger partial charge in [0.2, 0.25) is 29.5 Å². The zero-order valence-electron chi connectivity index (χ0n) is 39.4. The number of fused-ring (bicyclic) bond motifs is 4. The van der Waals surface area contributed by atoms with Gasteiger partial charge in [-0.1, -0.05) is 18.2 Å². The average Bonchev–Trinajstić information content (AvgIpc) is 3.69. The summed E-state index contributed by atoms with van der Waals surface area (Å²) in [5.74, 6) is 1.00. The van der Waals surface area contributed by atoms with Crippen LogP contribution in [0.4, 0.5) is 32.2 Å². The number of piperidine rings is 3. The van der Waals surface area contributed by atoms with Crippen molar-refractivity contribution in [3.63, 3.8) is 0 Å². The fourth-order valence-corrected chi connectivity index (χ4v) is 10.9. The summed E-state index contributed by atoms with van der Waals surface area (Å²) in [6, 6.07) is 11.4. The van der Waals surface area contributed by atoms with Crippen molar-refractivity contribution in [2.45, 2.75) is 109 Å². The Morgan fingerprint density at radius 1 is 0.956 bits per heavy atom. The largest absolute Gasteiger partial charge is 0.492 e. The molecule has 2 N–H and O–H groups in total. The van der Waals surface area contributed by atoms with Gasteiger partial charge in [0, 0.05) is 55.1 Å². The highest BCUT2D eigenvalue weighted by Crippen LogP contribution is 2.45. The van der Waals surface area contributed by atoms with Crippen LogP contribution in [-0.2, 0) is 50.3 Å². The number of aromatic nitrogens is 3. The summed E-state index contributed by atoms with van der Waals surface area (Å²) >= 11 is 0. The number of benzene rings is 2. The van der Waals surface area contributed by atoms with Gasteiger partial charge in [-0.2, -0.15) is 0 Å². The van der Waals surface area contributed by atoms with E-state index in [9.17, 15) is 19.2 Å². The zero-order valence-corrected chi connectivity index (χ0v) is 39.4. The van der Waals surface area contributed by atoms with Crippen molar-refractivity contribution >= 4 is 46.8 Å². The number of anilines is 4. The number of imide groups is 1. The molecule has 17 heteroatoms. The smallest absolute Gasteiger partial charge is 0.415 e. The van der Waals surface area contributed by atoms with E-state index in [0.717, 1.165) is 79.0 Å². The van der Waals surface area contributed by atoms with Gasteiger partial charge in [-0.25, -0.2) is 24.1 Å². The molecule has 6 aliphatic rings. The Morgan fingerprint density at radius 3 is 2.53 bits per heavy atom. The first kappa shape index (κ1) is 45.4. The van der Waals surface area contributed by atoms with Crippen LogP contribution in [0.15, 0.2) is 48.8 Å². The predicted octanol–water partition coefficient (Wildman–Crippen LogP) is 6.31. The van der Waals surface area contributed by atoms with E-state index in [2.05, 4.69) is 42.5 Å². The summed E-state index contributed by atoms with van der Waals surface area (Å²) in [5.41, 5.74) is 5.69. The quantitative estimate of drug-likeness (QED) is 0.189. The third-order valence-electron chi connectivity index (χ3n) is 14.6. The molecule has 1 spiro atoms. The van der Waals surface area contributed by atoms with E-state index in [0.29, 0.717) is 99.3 Å². The van der Waals surface area contributed by atoms with Crippen molar-refractivity contribution in [1.82, 2.24) is 30.1 Å². The third-order valence-corrected chi connectivity index (χ3v) is 14.6. The van der Waals surface area contributed by atoms with Crippen LogP contribution in [0.25, 0.3) is 0 Å². The lowest BCUT2D eigenvalue weighted by atomic mass is 9.74. The molecule has 0 saturated carbocycles. The average molecular weight is 930 g/mol. The molecule has 0 aliphatic carbocycles. The second-order valence-electron chi connectivity index (χ2n) is 20.2. The number of halogens is 1. The van der Waals surface area contributed by atoms with E-state index >= 15 is 4.39 Å². The van der Waals surface area contributed by atoms with Crippen molar-refractivity contribution in [2.24, 2.45) is 5.92 Å². The summed E-state index contributed by atoms with van der Waals surface area (Å²) in [6.45, 7) is 12.9. The number of carbonyl (C=O) groups excluding carboxylic acids is 4. The number of hydrogen-bond acceptors (Lipinski definition) is 13. The maximum Gasteiger partial charge on any atom is 0.415 e. The molecule has 358 valence electrons. The Kier molecular flexibility index (Phi) is 12.2. The molecule has 6 aliphatic heterocycles. The summed E-state index contributed by atoms with van der Waals surface area (Å²) in [6.07, 6.45) is 9.51. The summed E-state index contributed by atoms with van der Waals surface area (Å²) in [7, 11) is 0. The first-order valence-electron chi connectivity index (χ1n) is 24.1. The Morgan fingerprint density at radius 2 is 1.76 bits per heavy atom. The molecular formula is C51H60FN9O7. The molecular weight excluding hydrogens is 870 g/mol. The number of nitrogens with one attached hydrogen (secondary N) is 2. The molecule has 3 saturated heterocycles. The predicted molar refractivity (Wildman–Crippen MR) is 252 cm³/mol. The van der Waals surface area contributed by atoms with Crippen molar-refractivity contribution in [3.8, 4) is 11.6 Å². The van der Waals surface area contributed by atoms with Crippen LogP contribution >= 0.6 is 0 Å². The van der Waals surface area contributed by atoms with Crippen LogP contribution in [0, 0.1) is 18.7 Å². The minimum Gasteiger partial charge on any atom is -0.492 e. The van der Waals surface area contributed by atoms with Gasteiger partial charge in [0.25, 0.3) is 0 Å². The molecule has 2 aromatic carbocycles. The third kappa shape index (κ3) is 9.16. The van der Waals surface area contributed by atoms with E-state index in [1.54, 1.807) is 29.4 Å². The lowest BCUT2D eigenvalue weighted by Crippen LogP contribution is -2.52. The molecule has 0 bridgehead atoms. The highest BCUT2D eigenvalue weighted by Gasteiger charge is 2.50. The summed E-state index contributed by atoms with van der Waals surface area (Å²) < 4.78 is 33.1. The van der Waals surface area contributed by atoms with Crippen LogP contribution in [-0.4, -0.2) is 113 Å². The highest BCUT2D eigenvalue weighted by molar-refractivity contribution is 6.04. The molecule has 16 nitrogen and oxygen atoms in total. The number of likely N-dealkylation sites (tertiary alicyclic amines) is 2. The number of nitrogens with zero attached hydrogens (tertiary/aromatic N) is 7. The minimum absolute atomic E-state index is 0.00921. The zero-order chi connectivity index (χ0) is 47.3. The number of amides is 4. The number of hydrogen-bond donors (Lipinski definition) is 2. The van der Waals surface area contributed by atoms with Crippen LogP contribution in [0.2, 0.25) is 0 Å². The molecule has 4 amide bonds. The molecule has 3 fully saturated rings. The van der Waals surface area contributed by atoms with E-state index in [1.165, 1.54) is 11.6 Å². The molecule has 4 aromatic rings. The molecule has 1 unspecified atom stereocenters. The minimum atomic E-state index is -0.779. The molecule has 2 aromatic heterocycles. The van der Waals surface area contributed by atoms with Crippen LogP contribution < -0.4 is 29.9 Å². The Hall–Kier alpha value is -6.36. The van der Waals surface area contributed by atoms with Gasteiger partial charge >= 0.3 is 6.09 Å². The Labute approximate surface area is 395 Å². The van der Waals surface area contributed by atoms with Gasteiger partial charge in [-0.05, 0) is 127 Å². The lowest BCUT2D eigenvalue weighted by molar-refractivity contribution is -0.138. The van der Waals surface area contributed by atoms with Gasteiger partial charge in [0.15, 0.2) is 0 Å². The van der Waals surface area contributed by atoms with E-state index < -0.39 is 22.9 Å². The monoisotopic (exact) mass is 929 g/mol. The second kappa shape index (κ2) is 18.3. The fourth-order valence-electron chi connectivity index (χ4n) is 10.9. The van der Waals surface area contributed by atoms with Gasteiger partial charge < -0.3 is 34.2 Å². The highest BCUT2D eigenvalue weighted by atomic mass is 19.1. The van der Waals surface area contributed by atoms with Crippen molar-refractivity contribution in [2.75, 3.05) is 67.6 Å². The standard InChI is InChI=1S/C51H60FN9O7/c1-31-41(28-53-46-45(31)61(21-22-66-46)49(65)68-50(2,3)4)60-18-12-35-27-54-48(56-40(35)29-60)55-36-7-6-34(39(52)26-36)25-44(63)59-19-13-37(14-20-59)58-16-10-32(11-17-58)23-33-5-8-42-38(24-33)51(30-67-42)15-9-43(62)57-47(51)64/h5-8,24,26-28,32,37H,9-23,25,29-30H2,1-4H3,(H,54,55,56)(H,57,62,64). The summed E-state index contributed by atoms with van der Waals surface area (Å²) in [4.78, 5) is 73.7. The van der Waals surface area contributed by atoms with Gasteiger partial charge in [-0.15, -0.1) is 0 Å². The topological polar surface area (TPSA) is 172 Å². The van der Waals surface area contributed by atoms with Crippen LogP contribution in [0.5, 0.6) is 11.6 Å². The van der Waals surface area contributed by atoms with Crippen molar-refractivity contribution in [3.05, 3.63) is 88.1 Å². The van der Waals surface area contributed by atoms with Gasteiger partial charge in [0.1, 0.15) is 41.5 Å². The molecule has 1 atom stereocenters.